The van der Waals surface area contributed by atoms with E-state index >= 15 is 0 Å². The van der Waals surface area contributed by atoms with E-state index in [1.54, 1.807) is 0 Å². The van der Waals surface area contributed by atoms with Gasteiger partial charge in [-0.2, -0.15) is 0 Å². The van der Waals surface area contributed by atoms with Gasteiger partial charge in [0.2, 0.25) is 0 Å². The highest BCUT2D eigenvalue weighted by Gasteiger charge is 2.14. The van der Waals surface area contributed by atoms with Crippen molar-refractivity contribution in [2.45, 2.75) is 26.3 Å². The second-order valence-corrected chi connectivity index (χ2v) is 7.98. The molecule has 3 heteroatoms. The van der Waals surface area contributed by atoms with E-state index in [4.69, 9.17) is 0 Å². The van der Waals surface area contributed by atoms with Crippen LogP contribution in [0.1, 0.15) is 19.8 Å². The van der Waals surface area contributed by atoms with Crippen molar-refractivity contribution in [3.8, 4) is 22.5 Å². The molecule has 0 aliphatic heterocycles. The molecule has 0 N–H and O–H groups in total. The van der Waals surface area contributed by atoms with Crippen LogP contribution in [0.2, 0.25) is 0 Å². The van der Waals surface area contributed by atoms with Crippen molar-refractivity contribution in [1.82, 2.24) is 13.7 Å². The fraction of sp³-hybridized carbons (Fsp3) is 0.231. The summed E-state index contributed by atoms with van der Waals surface area (Å²) in [4.78, 5) is 0. The predicted molar refractivity (Wildman–Crippen MR) is 123 cm³/mol. The maximum atomic E-state index is 2.50. The number of hydrogen-bond acceptors (Lipinski definition) is 0. The zero-order valence-electron chi connectivity index (χ0n) is 17.4. The molecule has 3 heterocycles. The third-order valence-corrected chi connectivity index (χ3v) is 6.08. The summed E-state index contributed by atoms with van der Waals surface area (Å²) in [5.74, 6) is 0. The Hall–Kier alpha value is -3.20. The Morgan fingerprint density at radius 3 is 1.62 bits per heavy atom. The van der Waals surface area contributed by atoms with E-state index < -0.39 is 0 Å². The molecule has 0 aliphatic rings. The smallest absolute Gasteiger partial charge is 0.0491 e. The minimum absolute atomic E-state index is 1.06. The first-order valence-electron chi connectivity index (χ1n) is 10.5. The summed E-state index contributed by atoms with van der Waals surface area (Å²) in [6, 6.07) is 22.4. The summed E-state index contributed by atoms with van der Waals surface area (Å²) in [5.41, 5.74) is 7.69. The Bertz CT molecular complexity index is 1220. The fourth-order valence-electron chi connectivity index (χ4n) is 4.50. The summed E-state index contributed by atoms with van der Waals surface area (Å²) in [6.45, 7) is 3.32. The van der Waals surface area contributed by atoms with Crippen LogP contribution in [0.3, 0.4) is 0 Å². The van der Waals surface area contributed by atoms with Gasteiger partial charge in [0.25, 0.3) is 0 Å². The highest BCUT2D eigenvalue weighted by Crippen LogP contribution is 2.35. The Labute approximate surface area is 171 Å². The summed E-state index contributed by atoms with van der Waals surface area (Å²) in [6.07, 6.45) is 6.61. The van der Waals surface area contributed by atoms with Crippen molar-refractivity contribution in [2.75, 3.05) is 0 Å². The highest BCUT2D eigenvalue weighted by atomic mass is 15.0. The average molecular weight is 382 g/mol. The fourth-order valence-corrected chi connectivity index (χ4v) is 4.50. The van der Waals surface area contributed by atoms with Crippen LogP contribution in [0.5, 0.6) is 0 Å². The molecule has 3 aromatic heterocycles. The number of benzene rings is 2. The van der Waals surface area contributed by atoms with E-state index in [0.29, 0.717) is 0 Å². The number of hydrogen-bond donors (Lipinski definition) is 0. The van der Waals surface area contributed by atoms with Crippen molar-refractivity contribution in [3.63, 3.8) is 0 Å². The zero-order valence-corrected chi connectivity index (χ0v) is 17.4. The number of nitrogens with zero attached hydrogens (tertiary/aromatic N) is 3. The summed E-state index contributed by atoms with van der Waals surface area (Å²) < 4.78 is 6.87. The summed E-state index contributed by atoms with van der Waals surface area (Å²) in [7, 11) is 4.22. The Kier molecular flexibility index (Phi) is 4.31. The normalized spacial score (nSPS) is 11.7. The van der Waals surface area contributed by atoms with Crippen molar-refractivity contribution in [1.29, 1.82) is 0 Å². The van der Waals surface area contributed by atoms with E-state index in [1.807, 2.05) is 0 Å². The van der Waals surface area contributed by atoms with Crippen LogP contribution in [-0.2, 0) is 20.6 Å². The lowest BCUT2D eigenvalue weighted by Gasteiger charge is -2.08. The minimum Gasteiger partial charge on any atom is -0.351 e. The Morgan fingerprint density at radius 2 is 1.21 bits per heavy atom. The molecular formula is C26H27N3. The van der Waals surface area contributed by atoms with Gasteiger partial charge in [-0.25, -0.2) is 0 Å². The molecule has 0 unspecified atom stereocenters. The van der Waals surface area contributed by atoms with Crippen molar-refractivity contribution in [3.05, 3.63) is 73.1 Å². The van der Waals surface area contributed by atoms with E-state index in [2.05, 4.69) is 108 Å². The molecule has 0 spiro atoms. The highest BCUT2D eigenvalue weighted by molar-refractivity contribution is 6.10. The van der Waals surface area contributed by atoms with E-state index in [9.17, 15) is 0 Å². The van der Waals surface area contributed by atoms with E-state index in [1.165, 1.54) is 57.2 Å². The molecule has 0 amide bonds. The topological polar surface area (TPSA) is 14.8 Å². The maximum absolute atomic E-state index is 2.50. The minimum atomic E-state index is 1.06. The Balaban J connectivity index is 1.78. The number of aryl methyl sites for hydroxylation is 3. The van der Waals surface area contributed by atoms with Gasteiger partial charge < -0.3 is 13.7 Å². The van der Waals surface area contributed by atoms with Gasteiger partial charge in [0, 0.05) is 66.2 Å². The molecule has 0 radical (unpaired) electrons. The van der Waals surface area contributed by atoms with E-state index in [-0.39, 0.29) is 0 Å². The van der Waals surface area contributed by atoms with Crippen LogP contribution in [0.15, 0.2) is 73.1 Å². The predicted octanol–water partition coefficient (Wildman–Crippen LogP) is 6.61. The van der Waals surface area contributed by atoms with Gasteiger partial charge in [-0.3, -0.25) is 0 Å². The average Bonchev–Trinajstić information content (AvgIpc) is 3.43. The molecule has 5 rings (SSSR count). The zero-order chi connectivity index (χ0) is 20.0. The third-order valence-electron chi connectivity index (χ3n) is 6.08. The van der Waals surface area contributed by atoms with Crippen LogP contribution in [-0.4, -0.2) is 13.7 Å². The number of rotatable bonds is 5. The van der Waals surface area contributed by atoms with Gasteiger partial charge in [0.15, 0.2) is 0 Å². The molecule has 146 valence electrons. The largest absolute Gasteiger partial charge is 0.351 e. The molecular weight excluding hydrogens is 354 g/mol. The van der Waals surface area contributed by atoms with Crippen LogP contribution >= 0.6 is 0 Å². The van der Waals surface area contributed by atoms with Gasteiger partial charge >= 0.3 is 0 Å². The number of fused-ring (bicyclic) bond motifs is 3. The van der Waals surface area contributed by atoms with Crippen LogP contribution < -0.4 is 0 Å². The van der Waals surface area contributed by atoms with Crippen molar-refractivity contribution in [2.24, 2.45) is 14.1 Å². The molecule has 0 bridgehead atoms. The quantitative estimate of drug-likeness (QED) is 0.325. The lowest BCUT2D eigenvalue weighted by atomic mass is 10.0. The molecule has 0 saturated heterocycles. The molecule has 5 aromatic rings. The monoisotopic (exact) mass is 381 g/mol. The van der Waals surface area contributed by atoms with Crippen LogP contribution in [0, 0.1) is 0 Å². The van der Waals surface area contributed by atoms with Crippen LogP contribution in [0.4, 0.5) is 0 Å². The second kappa shape index (κ2) is 7.00. The Morgan fingerprint density at radius 1 is 0.690 bits per heavy atom. The second-order valence-electron chi connectivity index (χ2n) is 7.98. The summed E-state index contributed by atoms with van der Waals surface area (Å²) >= 11 is 0. The van der Waals surface area contributed by atoms with Gasteiger partial charge in [0.1, 0.15) is 0 Å². The van der Waals surface area contributed by atoms with Gasteiger partial charge in [-0.15, -0.1) is 0 Å². The maximum Gasteiger partial charge on any atom is 0.0491 e. The van der Waals surface area contributed by atoms with Crippen molar-refractivity contribution >= 4 is 21.8 Å². The standard InChI is InChI=1S/C26H27N3/c1-4-5-16-29-25-12-10-19(23-8-6-14-27(23)2)17-21(25)22-18-20(11-13-26(22)29)24-9-7-15-28(24)3/h6-15,17-18H,4-5,16H2,1-3H3. The first kappa shape index (κ1) is 17.9. The molecule has 29 heavy (non-hydrogen) atoms. The number of unbranched alkanes of at least 4 members (excludes halogenated alkanes) is 1. The van der Waals surface area contributed by atoms with E-state index in [0.717, 1.165) is 6.54 Å². The number of aromatic nitrogens is 3. The lowest BCUT2D eigenvalue weighted by Crippen LogP contribution is -1.97. The van der Waals surface area contributed by atoms with Gasteiger partial charge in [-0.1, -0.05) is 25.5 Å². The SMILES string of the molecule is CCCCn1c2ccc(-c3cccn3C)cc2c2cc(-c3cccn3C)ccc21. The molecule has 3 nitrogen and oxygen atoms in total. The van der Waals surface area contributed by atoms with Crippen molar-refractivity contribution < 1.29 is 0 Å². The lowest BCUT2D eigenvalue weighted by molar-refractivity contribution is 0.665. The molecule has 0 aliphatic carbocycles. The molecule has 0 fully saturated rings. The molecule has 0 atom stereocenters. The van der Waals surface area contributed by atoms with Gasteiger partial charge in [0.05, 0.1) is 0 Å². The molecule has 2 aromatic carbocycles. The van der Waals surface area contributed by atoms with Crippen LogP contribution in [0.25, 0.3) is 44.3 Å². The molecule has 0 saturated carbocycles. The summed E-state index contributed by atoms with van der Waals surface area (Å²) in [5, 5.41) is 2.68. The third kappa shape index (κ3) is 2.89. The first-order chi connectivity index (χ1) is 14.2. The van der Waals surface area contributed by atoms with Gasteiger partial charge in [-0.05, 0) is 66.1 Å². The first-order valence-corrected chi connectivity index (χ1v) is 10.5.